The van der Waals surface area contributed by atoms with E-state index in [4.69, 9.17) is 9.47 Å². The van der Waals surface area contributed by atoms with Crippen molar-refractivity contribution in [2.45, 2.75) is 19.7 Å². The molecule has 0 unspecified atom stereocenters. The van der Waals surface area contributed by atoms with Gasteiger partial charge in [-0.25, -0.2) is 9.97 Å². The highest BCUT2D eigenvalue weighted by atomic mass is 19.4. The fraction of sp³-hybridized carbons (Fsp3) is 0.174. The molecule has 0 aliphatic rings. The van der Waals surface area contributed by atoms with Crippen LogP contribution >= 0.6 is 0 Å². The maximum absolute atomic E-state index is 13.1. The Kier molecular flexibility index (Phi) is 5.99. The van der Waals surface area contributed by atoms with E-state index >= 15 is 0 Å². The van der Waals surface area contributed by atoms with Crippen molar-refractivity contribution >= 4 is 0 Å². The van der Waals surface area contributed by atoms with Crippen molar-refractivity contribution in [1.82, 2.24) is 19.9 Å². The van der Waals surface area contributed by atoms with E-state index in [9.17, 15) is 17.6 Å². The van der Waals surface area contributed by atoms with Crippen molar-refractivity contribution in [2.75, 3.05) is 7.11 Å². The Balaban J connectivity index is 1.53. The molecular weight excluding hydrogens is 440 g/mol. The number of halogens is 4. The fourth-order valence-corrected chi connectivity index (χ4v) is 3.17. The van der Waals surface area contributed by atoms with Gasteiger partial charge in [-0.1, -0.05) is 0 Å². The summed E-state index contributed by atoms with van der Waals surface area (Å²) in [5.41, 5.74) is 2.29. The summed E-state index contributed by atoms with van der Waals surface area (Å²) in [6, 6.07) is 10.2. The molecule has 1 N–H and O–H groups in total. The topological polar surface area (TPSA) is 72.9 Å². The Labute approximate surface area is 186 Å². The molecule has 0 aliphatic carbocycles. The molecule has 3 heterocycles. The Morgan fingerprint density at radius 3 is 2.45 bits per heavy atom. The number of nitrogens with zero attached hydrogens (tertiary/aromatic N) is 3. The minimum Gasteiger partial charge on any atom is -0.496 e. The van der Waals surface area contributed by atoms with Crippen LogP contribution in [0.1, 0.15) is 17.0 Å². The minimum absolute atomic E-state index is 0.0101. The van der Waals surface area contributed by atoms with E-state index in [0.29, 0.717) is 39.8 Å². The predicted octanol–water partition coefficient (Wildman–Crippen LogP) is 5.59. The summed E-state index contributed by atoms with van der Waals surface area (Å²) < 4.78 is 62.3. The molecule has 170 valence electrons. The minimum atomic E-state index is -4.44. The van der Waals surface area contributed by atoms with Crippen molar-refractivity contribution in [3.8, 4) is 34.1 Å². The molecule has 3 aromatic heterocycles. The zero-order valence-electron chi connectivity index (χ0n) is 17.6. The van der Waals surface area contributed by atoms with E-state index in [1.807, 2.05) is 6.92 Å². The van der Waals surface area contributed by atoms with Gasteiger partial charge in [-0.15, -0.1) is 0 Å². The first-order chi connectivity index (χ1) is 15.7. The number of aromatic nitrogens is 4. The van der Waals surface area contributed by atoms with Gasteiger partial charge in [-0.2, -0.15) is 17.6 Å². The van der Waals surface area contributed by atoms with Gasteiger partial charge in [0.05, 0.1) is 24.1 Å². The van der Waals surface area contributed by atoms with Crippen LogP contribution in [0.25, 0.3) is 22.6 Å². The van der Waals surface area contributed by atoms with Crippen molar-refractivity contribution < 1.29 is 27.0 Å². The molecule has 0 bridgehead atoms. The third-order valence-corrected chi connectivity index (χ3v) is 4.85. The van der Waals surface area contributed by atoms with Gasteiger partial charge in [-0.3, -0.25) is 4.98 Å². The largest absolute Gasteiger partial charge is 0.496 e. The third-order valence-electron chi connectivity index (χ3n) is 4.85. The average molecular weight is 458 g/mol. The van der Waals surface area contributed by atoms with Gasteiger partial charge in [0.1, 0.15) is 23.9 Å². The molecule has 0 spiro atoms. The number of hydrogen-bond donors (Lipinski definition) is 1. The van der Waals surface area contributed by atoms with Crippen LogP contribution in [0.4, 0.5) is 17.6 Å². The first-order valence-corrected chi connectivity index (χ1v) is 9.76. The highest BCUT2D eigenvalue weighted by Gasteiger charge is 2.30. The summed E-state index contributed by atoms with van der Waals surface area (Å²) in [4.78, 5) is 15.2. The summed E-state index contributed by atoms with van der Waals surface area (Å²) >= 11 is 0. The van der Waals surface area contributed by atoms with Crippen molar-refractivity contribution in [2.24, 2.45) is 0 Å². The summed E-state index contributed by atoms with van der Waals surface area (Å²) in [5.74, 6) is 0.900. The van der Waals surface area contributed by atoms with E-state index < -0.39 is 17.7 Å². The van der Waals surface area contributed by atoms with Crippen molar-refractivity contribution in [3.05, 3.63) is 77.8 Å². The van der Waals surface area contributed by atoms with Crippen LogP contribution in [-0.2, 0) is 12.8 Å². The summed E-state index contributed by atoms with van der Waals surface area (Å²) in [6.07, 6.45) is -2.27. The number of methoxy groups -OCH3 is 1. The zero-order chi connectivity index (χ0) is 23.6. The number of rotatable bonds is 6. The van der Waals surface area contributed by atoms with E-state index in [0.717, 1.165) is 18.0 Å². The predicted molar refractivity (Wildman–Crippen MR) is 112 cm³/mol. The number of benzene rings is 1. The Hall–Kier alpha value is -3.95. The standard InChI is InChI=1S/C23H18F4N4O2/c1-13-21(31-22(30-13)14-3-8-20(24)29-10-14)18-7-6-17(9-19(18)32-2)33-12-16-5-4-15(11-28-16)23(25,26)27/h3-11H,12H2,1-2H3,(H,30,31). The van der Waals surface area contributed by atoms with E-state index in [2.05, 4.69) is 19.9 Å². The Morgan fingerprint density at radius 1 is 1.00 bits per heavy atom. The summed E-state index contributed by atoms with van der Waals surface area (Å²) in [6.45, 7) is 1.84. The molecule has 0 amide bonds. The lowest BCUT2D eigenvalue weighted by molar-refractivity contribution is -0.137. The second-order valence-corrected chi connectivity index (χ2v) is 7.12. The lowest BCUT2D eigenvalue weighted by Gasteiger charge is -2.12. The lowest BCUT2D eigenvalue weighted by atomic mass is 10.1. The zero-order valence-corrected chi connectivity index (χ0v) is 17.6. The van der Waals surface area contributed by atoms with Gasteiger partial charge < -0.3 is 14.5 Å². The fourth-order valence-electron chi connectivity index (χ4n) is 3.17. The monoisotopic (exact) mass is 458 g/mol. The molecule has 4 rings (SSSR count). The lowest BCUT2D eigenvalue weighted by Crippen LogP contribution is -2.06. The van der Waals surface area contributed by atoms with Crippen LogP contribution in [0.3, 0.4) is 0 Å². The maximum atomic E-state index is 13.1. The smallest absolute Gasteiger partial charge is 0.417 e. The highest BCUT2D eigenvalue weighted by Crippen LogP contribution is 2.35. The number of hydrogen-bond acceptors (Lipinski definition) is 5. The second kappa shape index (κ2) is 8.89. The number of imidazole rings is 1. The number of aryl methyl sites for hydroxylation is 1. The van der Waals surface area contributed by atoms with E-state index in [1.165, 1.54) is 25.4 Å². The molecule has 6 nitrogen and oxygen atoms in total. The van der Waals surface area contributed by atoms with E-state index in [-0.39, 0.29) is 6.61 Å². The number of H-pyrrole nitrogens is 1. The number of aromatic amines is 1. The SMILES string of the molecule is COc1cc(OCc2ccc(C(F)(F)F)cn2)ccc1-c1nc(-c2ccc(F)nc2)[nH]c1C. The number of pyridine rings is 2. The molecular formula is C23H18F4N4O2. The van der Waals surface area contributed by atoms with Crippen molar-refractivity contribution in [1.29, 1.82) is 0 Å². The second-order valence-electron chi connectivity index (χ2n) is 7.12. The van der Waals surface area contributed by atoms with Crippen LogP contribution in [0.15, 0.2) is 54.9 Å². The maximum Gasteiger partial charge on any atom is 0.417 e. The van der Waals surface area contributed by atoms with E-state index in [1.54, 1.807) is 24.3 Å². The Bertz CT molecular complexity index is 1250. The molecule has 0 fully saturated rings. The summed E-state index contributed by atoms with van der Waals surface area (Å²) in [5, 5.41) is 0. The first kappa shape index (κ1) is 22.3. The first-order valence-electron chi connectivity index (χ1n) is 9.76. The number of alkyl halides is 3. The third kappa shape index (κ3) is 4.94. The normalized spacial score (nSPS) is 11.5. The van der Waals surface area contributed by atoms with Gasteiger partial charge in [0.25, 0.3) is 0 Å². The van der Waals surface area contributed by atoms with Crippen LogP contribution in [0.2, 0.25) is 0 Å². The Morgan fingerprint density at radius 2 is 1.82 bits per heavy atom. The molecule has 0 aliphatic heterocycles. The molecule has 4 aromatic rings. The van der Waals surface area contributed by atoms with Gasteiger partial charge in [0, 0.05) is 35.3 Å². The van der Waals surface area contributed by atoms with Gasteiger partial charge in [0.15, 0.2) is 0 Å². The quantitative estimate of drug-likeness (QED) is 0.301. The van der Waals surface area contributed by atoms with Crippen LogP contribution in [-0.4, -0.2) is 27.0 Å². The van der Waals surface area contributed by atoms with Crippen molar-refractivity contribution in [3.63, 3.8) is 0 Å². The van der Waals surface area contributed by atoms with Crippen LogP contribution in [0, 0.1) is 12.9 Å². The molecule has 0 saturated heterocycles. The number of nitrogens with one attached hydrogen (secondary N) is 1. The van der Waals surface area contributed by atoms with Crippen LogP contribution < -0.4 is 9.47 Å². The molecule has 0 atom stereocenters. The van der Waals surface area contributed by atoms with Crippen LogP contribution in [0.5, 0.6) is 11.5 Å². The molecule has 10 heteroatoms. The number of ether oxygens (including phenoxy) is 2. The average Bonchev–Trinajstić information content (AvgIpc) is 3.19. The molecule has 0 saturated carbocycles. The van der Waals surface area contributed by atoms with Gasteiger partial charge in [-0.05, 0) is 43.3 Å². The van der Waals surface area contributed by atoms with Gasteiger partial charge >= 0.3 is 6.18 Å². The molecule has 0 radical (unpaired) electrons. The van der Waals surface area contributed by atoms with Gasteiger partial charge in [0.2, 0.25) is 5.95 Å². The summed E-state index contributed by atoms with van der Waals surface area (Å²) in [7, 11) is 1.51. The molecule has 1 aromatic carbocycles. The highest BCUT2D eigenvalue weighted by molar-refractivity contribution is 5.73. The molecule has 33 heavy (non-hydrogen) atoms.